The lowest BCUT2D eigenvalue weighted by Crippen LogP contribution is -2.15. The van der Waals surface area contributed by atoms with E-state index in [1.54, 1.807) is 12.1 Å². The van der Waals surface area contributed by atoms with Crippen molar-refractivity contribution < 1.29 is 15.0 Å². The van der Waals surface area contributed by atoms with Crippen LogP contribution in [0.4, 0.5) is 17.2 Å². The second-order valence-corrected chi connectivity index (χ2v) is 4.54. The molecule has 0 saturated heterocycles. The van der Waals surface area contributed by atoms with Gasteiger partial charge in [-0.3, -0.25) is 4.79 Å². The number of rotatable bonds is 5. The number of aliphatic hydroxyl groups excluding tert-OH is 1. The summed E-state index contributed by atoms with van der Waals surface area (Å²) in [4.78, 5) is 11.9. The number of aliphatic hydroxyl groups is 1. The molecule has 2 aromatic rings. The number of nitrogens with two attached hydrogens (primary N) is 2. The van der Waals surface area contributed by atoms with Crippen LogP contribution < -0.4 is 16.8 Å². The molecule has 1 aromatic carbocycles. The van der Waals surface area contributed by atoms with Gasteiger partial charge < -0.3 is 27.0 Å². The predicted octanol–water partition coefficient (Wildman–Crippen LogP) is 0.819. The second-order valence-electron chi connectivity index (χ2n) is 4.54. The smallest absolute Gasteiger partial charge is 0.249 e. The van der Waals surface area contributed by atoms with E-state index in [1.807, 2.05) is 0 Å². The Balaban J connectivity index is 0.00000264. The van der Waals surface area contributed by atoms with Crippen molar-refractivity contribution in [2.24, 2.45) is 0 Å². The lowest BCUT2D eigenvalue weighted by Gasteiger charge is -2.07. The predicted molar refractivity (Wildman–Crippen MR) is 91.2 cm³/mol. The van der Waals surface area contributed by atoms with E-state index in [0.29, 0.717) is 22.8 Å². The van der Waals surface area contributed by atoms with Gasteiger partial charge >= 0.3 is 0 Å². The van der Waals surface area contributed by atoms with Crippen molar-refractivity contribution in [2.45, 2.75) is 6.54 Å². The van der Waals surface area contributed by atoms with Crippen LogP contribution in [0.1, 0.15) is 5.56 Å². The van der Waals surface area contributed by atoms with Crippen molar-refractivity contribution in [1.29, 1.82) is 0 Å². The number of carbonyl (C=O) groups excluding carboxylic acids is 1. The van der Waals surface area contributed by atoms with Gasteiger partial charge in [0.15, 0.2) is 5.82 Å². The van der Waals surface area contributed by atoms with E-state index in [4.69, 9.17) is 16.6 Å². The molecule has 0 radical (unpaired) electrons. The van der Waals surface area contributed by atoms with Crippen molar-refractivity contribution in [1.82, 2.24) is 9.78 Å². The van der Waals surface area contributed by atoms with Crippen LogP contribution in [0.3, 0.4) is 0 Å². The zero-order valence-electron chi connectivity index (χ0n) is 12.1. The van der Waals surface area contributed by atoms with Crippen LogP contribution in [0.15, 0.2) is 30.5 Å². The van der Waals surface area contributed by atoms with Gasteiger partial charge in [0, 0.05) is 17.3 Å². The van der Waals surface area contributed by atoms with Crippen LogP contribution in [0.2, 0.25) is 0 Å². The molecule has 0 bridgehead atoms. The summed E-state index contributed by atoms with van der Waals surface area (Å²) in [6.45, 7) is 0.0868. The van der Waals surface area contributed by atoms with E-state index >= 15 is 0 Å². The summed E-state index contributed by atoms with van der Waals surface area (Å²) in [7, 11) is 0. The third-order valence-corrected chi connectivity index (χ3v) is 2.89. The van der Waals surface area contributed by atoms with Gasteiger partial charge in [0.1, 0.15) is 5.75 Å². The van der Waals surface area contributed by atoms with Gasteiger partial charge in [-0.1, -0.05) is 0 Å². The molecule has 0 aliphatic rings. The minimum Gasteiger partial charge on any atom is -0.507 e. The maximum Gasteiger partial charge on any atom is 0.249 e. The van der Waals surface area contributed by atoms with Crippen LogP contribution >= 0.6 is 12.4 Å². The van der Waals surface area contributed by atoms with E-state index in [2.05, 4.69) is 10.4 Å². The molecule has 9 heteroatoms. The van der Waals surface area contributed by atoms with Gasteiger partial charge in [0.05, 0.1) is 25.0 Å². The van der Waals surface area contributed by atoms with Crippen molar-refractivity contribution in [3.63, 3.8) is 0 Å². The number of nitrogen functional groups attached to an aromatic ring is 2. The third-order valence-electron chi connectivity index (χ3n) is 2.89. The Morgan fingerprint density at radius 2 is 2.13 bits per heavy atom. The first-order valence-electron chi connectivity index (χ1n) is 6.51. The van der Waals surface area contributed by atoms with E-state index in [9.17, 15) is 9.90 Å². The standard InChI is InChI=1S/C14H17N5O3.ClH/c15-10-2-3-12(21)9(7-10)1-4-13(22)18-14-11(16)8-17-19(14)5-6-20;/h1-4,7-8,20-21H,5-6,15-16H2,(H,18,22);1H/b4-1+;. The maximum absolute atomic E-state index is 11.9. The Bertz CT molecular complexity index is 714. The fourth-order valence-corrected chi connectivity index (χ4v) is 1.83. The van der Waals surface area contributed by atoms with E-state index < -0.39 is 5.91 Å². The summed E-state index contributed by atoms with van der Waals surface area (Å²) in [5.74, 6) is -0.128. The number of benzene rings is 1. The summed E-state index contributed by atoms with van der Waals surface area (Å²) >= 11 is 0. The van der Waals surface area contributed by atoms with Gasteiger partial charge in [-0.25, -0.2) is 4.68 Å². The Labute approximate surface area is 138 Å². The monoisotopic (exact) mass is 339 g/mol. The molecule has 0 fully saturated rings. The largest absolute Gasteiger partial charge is 0.507 e. The number of aromatic hydroxyl groups is 1. The lowest BCUT2D eigenvalue weighted by molar-refractivity contribution is -0.111. The highest BCUT2D eigenvalue weighted by Crippen LogP contribution is 2.21. The minimum absolute atomic E-state index is 0. The SMILES string of the molecule is Cl.Nc1ccc(O)c(/C=C/C(=O)Nc2c(N)cnn2CCO)c1. The fourth-order valence-electron chi connectivity index (χ4n) is 1.83. The first-order chi connectivity index (χ1) is 10.5. The van der Waals surface area contributed by atoms with Gasteiger partial charge in [-0.05, 0) is 24.3 Å². The third kappa shape index (κ3) is 4.63. The first-order valence-corrected chi connectivity index (χ1v) is 6.51. The molecule has 0 aliphatic heterocycles. The highest BCUT2D eigenvalue weighted by atomic mass is 35.5. The van der Waals surface area contributed by atoms with E-state index in [-0.39, 0.29) is 31.3 Å². The highest BCUT2D eigenvalue weighted by Gasteiger charge is 2.10. The van der Waals surface area contributed by atoms with Crippen LogP contribution in [0.5, 0.6) is 5.75 Å². The molecule has 1 aromatic heterocycles. The Morgan fingerprint density at radius 1 is 1.39 bits per heavy atom. The van der Waals surface area contributed by atoms with Crippen molar-refractivity contribution in [2.75, 3.05) is 23.4 Å². The molecule has 1 amide bonds. The summed E-state index contributed by atoms with van der Waals surface area (Å²) in [5.41, 5.74) is 12.5. The number of anilines is 3. The van der Waals surface area contributed by atoms with Gasteiger partial charge in [0.2, 0.25) is 5.91 Å². The second kappa shape index (κ2) is 8.06. The number of aromatic nitrogens is 2. The van der Waals surface area contributed by atoms with E-state index in [0.717, 1.165) is 0 Å². The number of carbonyl (C=O) groups is 1. The van der Waals surface area contributed by atoms with Crippen molar-refractivity contribution in [3.05, 3.63) is 36.0 Å². The van der Waals surface area contributed by atoms with Crippen LogP contribution in [0.25, 0.3) is 6.08 Å². The molecule has 7 N–H and O–H groups in total. The zero-order chi connectivity index (χ0) is 16.1. The highest BCUT2D eigenvalue weighted by molar-refractivity contribution is 6.03. The lowest BCUT2D eigenvalue weighted by atomic mass is 10.1. The molecular weight excluding hydrogens is 322 g/mol. The first kappa shape index (κ1) is 18.3. The molecular formula is C14H18ClN5O3. The normalized spacial score (nSPS) is 10.5. The van der Waals surface area contributed by atoms with Crippen LogP contribution in [-0.2, 0) is 11.3 Å². The Hall–Kier alpha value is -2.71. The molecule has 8 nitrogen and oxygen atoms in total. The number of nitrogens with zero attached hydrogens (tertiary/aromatic N) is 2. The molecule has 0 atom stereocenters. The molecule has 0 aliphatic carbocycles. The minimum atomic E-state index is -0.451. The summed E-state index contributed by atoms with van der Waals surface area (Å²) < 4.78 is 1.39. The molecule has 1 heterocycles. The summed E-state index contributed by atoms with van der Waals surface area (Å²) in [6, 6.07) is 4.55. The van der Waals surface area contributed by atoms with E-state index in [1.165, 1.54) is 29.1 Å². The van der Waals surface area contributed by atoms with Crippen molar-refractivity contribution >= 4 is 41.6 Å². The number of hydrogen-bond donors (Lipinski definition) is 5. The number of phenolic OH excluding ortho intramolecular Hbond substituents is 1. The Morgan fingerprint density at radius 3 is 2.83 bits per heavy atom. The molecule has 23 heavy (non-hydrogen) atoms. The molecule has 2 rings (SSSR count). The molecule has 0 saturated carbocycles. The topological polar surface area (TPSA) is 139 Å². The number of hydrogen-bond acceptors (Lipinski definition) is 6. The quantitative estimate of drug-likeness (QED) is 0.310. The Kier molecular flexibility index (Phi) is 6.43. The zero-order valence-corrected chi connectivity index (χ0v) is 13.0. The fraction of sp³-hybridized carbons (Fsp3) is 0.143. The van der Waals surface area contributed by atoms with Crippen LogP contribution in [0, 0.1) is 0 Å². The number of halogens is 1. The van der Waals surface area contributed by atoms with Gasteiger partial charge in [-0.15, -0.1) is 12.4 Å². The number of phenols is 1. The summed E-state index contributed by atoms with van der Waals surface area (Å²) in [5, 5.41) is 25.1. The number of amides is 1. The average Bonchev–Trinajstić information content (AvgIpc) is 2.82. The molecule has 0 spiro atoms. The molecule has 0 unspecified atom stereocenters. The summed E-state index contributed by atoms with van der Waals surface area (Å²) in [6.07, 6.45) is 4.06. The van der Waals surface area contributed by atoms with Gasteiger partial charge in [-0.2, -0.15) is 5.10 Å². The number of nitrogens with one attached hydrogen (secondary N) is 1. The maximum atomic E-state index is 11.9. The molecule has 124 valence electrons. The average molecular weight is 340 g/mol. The van der Waals surface area contributed by atoms with Gasteiger partial charge in [0.25, 0.3) is 0 Å². The van der Waals surface area contributed by atoms with Crippen LogP contribution in [-0.4, -0.2) is 32.5 Å². The van der Waals surface area contributed by atoms with Crippen molar-refractivity contribution in [3.8, 4) is 5.75 Å².